The van der Waals surface area contributed by atoms with Gasteiger partial charge < -0.3 is 9.47 Å². The van der Waals surface area contributed by atoms with Crippen molar-refractivity contribution in [1.29, 1.82) is 0 Å². The molecule has 0 aliphatic heterocycles. The summed E-state index contributed by atoms with van der Waals surface area (Å²) in [6, 6.07) is 77.7. The number of hydrogen-bond donors (Lipinski definition) is 0. The molecule has 8 heterocycles. The zero-order valence-corrected chi connectivity index (χ0v) is 62.6. The number of para-hydroxylation sites is 2. The van der Waals surface area contributed by atoms with Gasteiger partial charge in [-0.15, -0.1) is 0 Å². The van der Waals surface area contributed by atoms with Crippen molar-refractivity contribution in [2.24, 2.45) is 0 Å². The summed E-state index contributed by atoms with van der Waals surface area (Å²) in [5.74, 6) is 6.11. The summed E-state index contributed by atoms with van der Waals surface area (Å²) in [7, 11) is 0. The van der Waals surface area contributed by atoms with E-state index in [-0.39, 0.29) is 5.41 Å². The van der Waals surface area contributed by atoms with Gasteiger partial charge in [-0.1, -0.05) is 187 Å². The molecular formula is C96H86N8O2. The first kappa shape index (κ1) is 66.1. The summed E-state index contributed by atoms with van der Waals surface area (Å²) in [5, 5.41) is 11.1. The van der Waals surface area contributed by atoms with E-state index in [2.05, 4.69) is 333 Å². The summed E-state index contributed by atoms with van der Waals surface area (Å²) in [5.41, 5.74) is 21.6. The van der Waals surface area contributed by atoms with Crippen LogP contribution in [-0.4, -0.2) is 37.9 Å². The second-order valence-corrected chi connectivity index (χ2v) is 32.0. The highest BCUT2D eigenvalue weighted by Crippen LogP contribution is 2.47. The Morgan fingerprint density at radius 1 is 0.330 bits per heavy atom. The van der Waals surface area contributed by atoms with Crippen LogP contribution in [0.15, 0.2) is 250 Å². The Kier molecular flexibility index (Phi) is 15.7. The van der Waals surface area contributed by atoms with E-state index in [4.69, 9.17) is 29.4 Å². The summed E-state index contributed by atoms with van der Waals surface area (Å²) in [6.45, 7) is 29.8. The predicted octanol–water partition coefficient (Wildman–Crippen LogP) is 25.8. The van der Waals surface area contributed by atoms with Crippen LogP contribution < -0.4 is 9.47 Å². The third kappa shape index (κ3) is 11.0. The van der Waals surface area contributed by atoms with Crippen molar-refractivity contribution in [3.63, 3.8) is 0 Å². The summed E-state index contributed by atoms with van der Waals surface area (Å²) >= 11 is 0. The molecular weight excluding hydrogens is 1300 g/mol. The molecule has 10 heteroatoms. The first-order valence-corrected chi connectivity index (χ1v) is 37.5. The van der Waals surface area contributed by atoms with Crippen LogP contribution in [0.2, 0.25) is 0 Å². The highest BCUT2D eigenvalue weighted by atomic mass is 16.5. The SMILES string of the molecule is CC(C)c1cccc(C(C)C)c1-c1ccc2c3ccc(Oc4ccc5c6ccccc6n(-c6cc(C(C)(C)Cc7cc8c9ccccc9n(-c9cc(C(C)(C)C)ccn9)c8cc7Oc7ccc8c9ccc(-c%10c(C(C)C)cccc%10C(C)C)cc9n9ccnc9c8c7)ccn6)c5c4)cc3c3nccn3c2c1. The van der Waals surface area contributed by atoms with E-state index in [9.17, 15) is 0 Å². The zero-order valence-electron chi connectivity index (χ0n) is 62.6. The van der Waals surface area contributed by atoms with Crippen LogP contribution >= 0.6 is 0 Å². The lowest BCUT2D eigenvalue weighted by Crippen LogP contribution is -2.21. The number of rotatable bonds is 15. The second kappa shape index (κ2) is 25.2. The minimum atomic E-state index is -0.452. The minimum Gasteiger partial charge on any atom is -0.457 e. The summed E-state index contributed by atoms with van der Waals surface area (Å²) in [6.07, 6.45) is 12.5. The van der Waals surface area contributed by atoms with E-state index in [0.717, 1.165) is 144 Å². The largest absolute Gasteiger partial charge is 0.457 e. The standard InChI is InChI=1S/C96H86N8O2/c1-56(2)68-22-18-23-69(57(3)4)91(68)60-28-33-76-72-35-30-65(51-80(72)93-99-42-44-101(93)84(76)47-60)105-67-32-37-78-74-20-14-16-26-82(74)103(86(78)53-67)90-50-64(39-41-98-90)96(12,13)55-62-46-79-75-21-15-17-27-83(75)104(89-49-63(38-40-97-89)95(9,10)11)87(79)54-88(62)106-66-31-36-73-77-34-29-61(48-85(77)102-45-43-100-94(102)81(73)52-66)92-70(58(5)6)24-19-25-71(92)59(7)8/h14-54,56-59H,55H2,1-13H3. The monoisotopic (exact) mass is 1380 g/mol. The fourth-order valence-corrected chi connectivity index (χ4v) is 17.0. The van der Waals surface area contributed by atoms with Crippen LogP contribution in [0, 0.1) is 0 Å². The average molecular weight is 1380 g/mol. The van der Waals surface area contributed by atoms with Gasteiger partial charge in [0.2, 0.25) is 0 Å². The molecule has 18 aromatic rings. The van der Waals surface area contributed by atoms with Crippen LogP contribution in [0.3, 0.4) is 0 Å². The molecule has 0 unspecified atom stereocenters. The van der Waals surface area contributed by atoms with Gasteiger partial charge in [0.1, 0.15) is 45.9 Å². The molecule has 0 spiro atoms. The maximum atomic E-state index is 7.48. The molecule has 0 aliphatic rings. The van der Waals surface area contributed by atoms with Crippen molar-refractivity contribution < 1.29 is 9.47 Å². The van der Waals surface area contributed by atoms with Crippen molar-refractivity contribution in [3.05, 3.63) is 288 Å². The van der Waals surface area contributed by atoms with Crippen molar-refractivity contribution in [1.82, 2.24) is 37.9 Å². The van der Waals surface area contributed by atoms with Crippen LogP contribution in [0.5, 0.6) is 23.0 Å². The van der Waals surface area contributed by atoms with Crippen molar-refractivity contribution in [2.75, 3.05) is 0 Å². The Hall–Kier alpha value is -11.9. The molecule has 0 atom stereocenters. The first-order chi connectivity index (χ1) is 51.2. The summed E-state index contributed by atoms with van der Waals surface area (Å²) < 4.78 is 23.5. The maximum absolute atomic E-state index is 7.48. The van der Waals surface area contributed by atoms with Gasteiger partial charge in [0, 0.05) is 92.4 Å². The van der Waals surface area contributed by atoms with Gasteiger partial charge in [-0.05, 0) is 216 Å². The molecule has 0 amide bonds. The number of imidazole rings is 2. The number of aromatic nitrogens is 8. The second-order valence-electron chi connectivity index (χ2n) is 32.0. The molecule has 0 radical (unpaired) electrons. The molecule has 522 valence electrons. The normalized spacial score (nSPS) is 12.6. The lowest BCUT2D eigenvalue weighted by Gasteiger charge is -2.27. The molecule has 10 nitrogen and oxygen atoms in total. The topological polar surface area (TPSA) is 88.7 Å². The Balaban J connectivity index is 0.724. The maximum Gasteiger partial charge on any atom is 0.145 e. The Morgan fingerprint density at radius 2 is 0.755 bits per heavy atom. The highest BCUT2D eigenvalue weighted by Gasteiger charge is 2.29. The average Bonchev–Trinajstić information content (AvgIpc) is 1.27. The van der Waals surface area contributed by atoms with E-state index in [1.807, 2.05) is 24.8 Å². The van der Waals surface area contributed by atoms with E-state index in [1.54, 1.807) is 0 Å². The van der Waals surface area contributed by atoms with Crippen molar-refractivity contribution in [2.45, 2.75) is 131 Å². The number of ether oxygens (including phenoxy) is 2. The molecule has 0 aliphatic carbocycles. The smallest absolute Gasteiger partial charge is 0.145 e. The first-order valence-electron chi connectivity index (χ1n) is 37.5. The molecule has 0 bridgehead atoms. The number of pyridine rings is 4. The molecule has 10 aromatic carbocycles. The van der Waals surface area contributed by atoms with Gasteiger partial charge >= 0.3 is 0 Å². The molecule has 18 rings (SSSR count). The number of nitrogens with zero attached hydrogens (tertiary/aromatic N) is 8. The Morgan fingerprint density at radius 3 is 1.26 bits per heavy atom. The lowest BCUT2D eigenvalue weighted by molar-refractivity contribution is 0.459. The Bertz CT molecular complexity index is 6550. The highest BCUT2D eigenvalue weighted by molar-refractivity contribution is 6.15. The van der Waals surface area contributed by atoms with E-state index in [1.165, 1.54) is 50.1 Å². The molecule has 106 heavy (non-hydrogen) atoms. The van der Waals surface area contributed by atoms with E-state index < -0.39 is 5.41 Å². The van der Waals surface area contributed by atoms with Crippen LogP contribution in [0.4, 0.5) is 0 Å². The van der Waals surface area contributed by atoms with Crippen molar-refractivity contribution >= 4 is 98.3 Å². The molecule has 0 N–H and O–H groups in total. The number of benzene rings is 10. The summed E-state index contributed by atoms with van der Waals surface area (Å²) in [4.78, 5) is 20.4. The lowest BCUT2D eigenvalue weighted by atomic mass is 9.79. The van der Waals surface area contributed by atoms with Gasteiger partial charge in [-0.2, -0.15) is 0 Å². The zero-order chi connectivity index (χ0) is 72.8. The fourth-order valence-electron chi connectivity index (χ4n) is 17.0. The van der Waals surface area contributed by atoms with E-state index in [0.29, 0.717) is 30.1 Å². The van der Waals surface area contributed by atoms with Gasteiger partial charge in [0.15, 0.2) is 0 Å². The molecule has 0 fully saturated rings. The molecule has 0 saturated carbocycles. The minimum absolute atomic E-state index is 0.0903. The van der Waals surface area contributed by atoms with Crippen LogP contribution in [0.1, 0.15) is 153 Å². The number of fused-ring (bicyclic) bond motifs is 18. The Labute approximate surface area is 618 Å². The van der Waals surface area contributed by atoms with Crippen molar-refractivity contribution in [3.8, 4) is 56.9 Å². The van der Waals surface area contributed by atoms with Crippen LogP contribution in [0.25, 0.3) is 132 Å². The third-order valence-corrected chi connectivity index (χ3v) is 22.4. The third-order valence-electron chi connectivity index (χ3n) is 22.4. The van der Waals surface area contributed by atoms with Crippen LogP contribution in [-0.2, 0) is 17.3 Å². The molecule has 0 saturated heterocycles. The number of hydrogen-bond acceptors (Lipinski definition) is 6. The van der Waals surface area contributed by atoms with Gasteiger partial charge in [0.25, 0.3) is 0 Å². The van der Waals surface area contributed by atoms with Gasteiger partial charge in [-0.3, -0.25) is 17.9 Å². The fraction of sp³-hybridized carbons (Fsp3) is 0.208. The van der Waals surface area contributed by atoms with E-state index >= 15 is 0 Å². The molecule has 8 aromatic heterocycles. The van der Waals surface area contributed by atoms with Gasteiger partial charge in [-0.25, -0.2) is 19.9 Å². The van der Waals surface area contributed by atoms with Gasteiger partial charge in [0.05, 0.1) is 33.1 Å². The predicted molar refractivity (Wildman–Crippen MR) is 440 cm³/mol. The quantitative estimate of drug-likeness (QED) is 0.0950.